The number of pyridine rings is 2. The molecule has 0 atom stereocenters. The van der Waals surface area contributed by atoms with E-state index in [0.29, 0.717) is 28.5 Å². The zero-order chi connectivity index (χ0) is 25.3. The van der Waals surface area contributed by atoms with Gasteiger partial charge < -0.3 is 15.6 Å². The fraction of sp³-hybridized carbons (Fsp3) is 0.0435. The molecule has 180 valence electrons. The maximum atomic E-state index is 14.1. The second-order valence-corrected chi connectivity index (χ2v) is 7.39. The van der Waals surface area contributed by atoms with Crippen LogP contribution in [0.4, 0.5) is 34.8 Å². The Morgan fingerprint density at radius 1 is 0.944 bits per heavy atom. The molecule has 0 unspecified atom stereocenters. The Morgan fingerprint density at radius 2 is 1.78 bits per heavy atom. The highest BCUT2D eigenvalue weighted by atomic mass is 19.4. The Labute approximate surface area is 199 Å². The third kappa shape index (κ3) is 4.41. The normalized spacial score (nSPS) is 11.4. The van der Waals surface area contributed by atoms with E-state index in [2.05, 4.69) is 40.5 Å². The Balaban J connectivity index is 1.58. The van der Waals surface area contributed by atoms with Crippen LogP contribution in [0.2, 0.25) is 0 Å². The summed E-state index contributed by atoms with van der Waals surface area (Å²) in [6.45, 7) is 0. The number of alkyl halides is 3. The molecule has 4 aromatic heterocycles. The first-order chi connectivity index (χ1) is 17.3. The number of aromatic nitrogens is 6. The Kier molecular flexibility index (Phi) is 5.72. The maximum Gasteiger partial charge on any atom is 0.433 e. The molecule has 0 fully saturated rings. The Morgan fingerprint density at radius 3 is 2.58 bits per heavy atom. The number of imidazole rings is 1. The van der Waals surface area contributed by atoms with Gasteiger partial charge in [-0.3, -0.25) is 4.79 Å². The van der Waals surface area contributed by atoms with Gasteiger partial charge in [-0.25, -0.2) is 29.3 Å². The molecule has 0 saturated heterocycles. The quantitative estimate of drug-likeness (QED) is 0.295. The van der Waals surface area contributed by atoms with Crippen molar-refractivity contribution >= 4 is 34.3 Å². The second-order valence-electron chi connectivity index (χ2n) is 7.39. The molecule has 0 radical (unpaired) electrons. The molecule has 1 amide bonds. The lowest BCUT2D eigenvalue weighted by Crippen LogP contribution is -2.18. The first-order valence-corrected chi connectivity index (χ1v) is 10.3. The number of H-pyrrole nitrogens is 1. The van der Waals surface area contributed by atoms with Crippen molar-refractivity contribution in [2.24, 2.45) is 0 Å². The molecular formula is C23H14F4N8O. The van der Waals surface area contributed by atoms with Crippen LogP contribution in [0, 0.1) is 5.82 Å². The molecule has 0 spiro atoms. The largest absolute Gasteiger partial charge is 0.433 e. The van der Waals surface area contributed by atoms with Crippen molar-refractivity contribution in [3.63, 3.8) is 0 Å². The van der Waals surface area contributed by atoms with Gasteiger partial charge in [-0.1, -0.05) is 12.1 Å². The van der Waals surface area contributed by atoms with Crippen molar-refractivity contribution in [2.45, 2.75) is 6.18 Å². The number of aromatic amines is 1. The molecule has 5 aromatic rings. The minimum Gasteiger partial charge on any atom is -0.341 e. The first kappa shape index (κ1) is 22.8. The first-order valence-electron chi connectivity index (χ1n) is 10.3. The van der Waals surface area contributed by atoms with E-state index in [1.54, 1.807) is 12.1 Å². The van der Waals surface area contributed by atoms with E-state index in [4.69, 9.17) is 0 Å². The summed E-state index contributed by atoms with van der Waals surface area (Å²) in [5.41, 5.74) is -0.214. The van der Waals surface area contributed by atoms with Crippen molar-refractivity contribution in [2.75, 3.05) is 10.6 Å². The number of halogens is 4. The predicted molar refractivity (Wildman–Crippen MR) is 122 cm³/mol. The standard InChI is InChI=1S/C23H14F4N8O/c24-14-5-1-2-6-15(14)35-22(36)13-8-17(23(25,26)27)29-9-16(13)34-20-12(4-3-7-28-20)18-19-21(32-10-30-18)33-11-31-19/h1-11H,(H,28,34)(H,35,36)(H,30,31,32,33). The number of hydrogen-bond donors (Lipinski definition) is 3. The number of para-hydroxylation sites is 1. The number of amides is 1. The van der Waals surface area contributed by atoms with Crippen molar-refractivity contribution in [1.29, 1.82) is 0 Å². The van der Waals surface area contributed by atoms with Gasteiger partial charge in [-0.2, -0.15) is 13.2 Å². The van der Waals surface area contributed by atoms with Gasteiger partial charge in [0.25, 0.3) is 5.91 Å². The molecule has 3 N–H and O–H groups in total. The highest BCUT2D eigenvalue weighted by Gasteiger charge is 2.34. The average Bonchev–Trinajstić information content (AvgIpc) is 3.35. The highest BCUT2D eigenvalue weighted by Crippen LogP contribution is 2.34. The Bertz CT molecular complexity index is 1580. The van der Waals surface area contributed by atoms with Crippen molar-refractivity contribution in [3.8, 4) is 11.3 Å². The van der Waals surface area contributed by atoms with Gasteiger partial charge in [0.15, 0.2) is 5.65 Å². The van der Waals surface area contributed by atoms with E-state index in [9.17, 15) is 22.4 Å². The summed E-state index contributed by atoms with van der Waals surface area (Å²) < 4.78 is 54.2. The number of anilines is 3. The lowest BCUT2D eigenvalue weighted by molar-refractivity contribution is -0.141. The fourth-order valence-electron chi connectivity index (χ4n) is 3.44. The zero-order valence-electron chi connectivity index (χ0n) is 18.0. The van der Waals surface area contributed by atoms with Crippen LogP contribution in [0.25, 0.3) is 22.4 Å². The number of carbonyl (C=O) groups is 1. The molecule has 13 heteroatoms. The smallest absolute Gasteiger partial charge is 0.341 e. The summed E-state index contributed by atoms with van der Waals surface area (Å²) in [5, 5.41) is 5.16. The number of hydrogen-bond acceptors (Lipinski definition) is 7. The zero-order valence-corrected chi connectivity index (χ0v) is 18.0. The number of rotatable bonds is 5. The van der Waals surface area contributed by atoms with Gasteiger partial charge in [-0.05, 0) is 30.3 Å². The van der Waals surface area contributed by atoms with E-state index >= 15 is 0 Å². The molecule has 0 saturated carbocycles. The van der Waals surface area contributed by atoms with Crippen LogP contribution >= 0.6 is 0 Å². The summed E-state index contributed by atoms with van der Waals surface area (Å²) in [7, 11) is 0. The van der Waals surface area contributed by atoms with Crippen LogP contribution in [0.1, 0.15) is 16.1 Å². The summed E-state index contributed by atoms with van der Waals surface area (Å²) in [5.74, 6) is -1.55. The predicted octanol–water partition coefficient (Wildman–Crippen LogP) is 4.96. The SMILES string of the molecule is O=C(Nc1ccccc1F)c1cc(C(F)(F)F)ncc1Nc1ncccc1-c1ncnc2nc[nH]c12. The molecule has 36 heavy (non-hydrogen) atoms. The van der Waals surface area contributed by atoms with E-state index in [1.165, 1.54) is 37.1 Å². The molecule has 0 aliphatic rings. The topological polar surface area (TPSA) is 121 Å². The van der Waals surface area contributed by atoms with E-state index in [-0.39, 0.29) is 17.2 Å². The van der Waals surface area contributed by atoms with Gasteiger partial charge in [0, 0.05) is 11.8 Å². The molecule has 0 aliphatic carbocycles. The number of nitrogens with zero attached hydrogens (tertiary/aromatic N) is 5. The summed E-state index contributed by atoms with van der Waals surface area (Å²) in [6, 6.07) is 9.19. The van der Waals surface area contributed by atoms with Gasteiger partial charge in [-0.15, -0.1) is 0 Å². The number of fused-ring (bicyclic) bond motifs is 1. The fourth-order valence-corrected chi connectivity index (χ4v) is 3.44. The highest BCUT2D eigenvalue weighted by molar-refractivity contribution is 6.08. The third-order valence-corrected chi connectivity index (χ3v) is 5.10. The second kappa shape index (κ2) is 9.02. The molecule has 0 bridgehead atoms. The van der Waals surface area contributed by atoms with Crippen LogP contribution in [0.5, 0.6) is 0 Å². The molecule has 0 aliphatic heterocycles. The summed E-state index contributed by atoms with van der Waals surface area (Å²) in [6.07, 6.45) is 0.255. The van der Waals surface area contributed by atoms with E-state index < -0.39 is 29.2 Å². The van der Waals surface area contributed by atoms with E-state index in [0.717, 1.165) is 12.3 Å². The molecule has 5 rings (SSSR count). The monoisotopic (exact) mass is 494 g/mol. The van der Waals surface area contributed by atoms with Crippen LogP contribution in [-0.2, 0) is 6.18 Å². The van der Waals surface area contributed by atoms with Crippen LogP contribution in [0.3, 0.4) is 0 Å². The lowest BCUT2D eigenvalue weighted by atomic mass is 10.1. The number of carbonyl (C=O) groups excluding carboxylic acids is 1. The van der Waals surface area contributed by atoms with Gasteiger partial charge >= 0.3 is 6.18 Å². The maximum absolute atomic E-state index is 14.1. The van der Waals surface area contributed by atoms with Crippen molar-refractivity contribution in [3.05, 3.63) is 84.6 Å². The lowest BCUT2D eigenvalue weighted by Gasteiger charge is -2.16. The summed E-state index contributed by atoms with van der Waals surface area (Å²) in [4.78, 5) is 36.1. The van der Waals surface area contributed by atoms with Gasteiger partial charge in [0.1, 0.15) is 34.9 Å². The van der Waals surface area contributed by atoms with Crippen molar-refractivity contribution in [1.82, 2.24) is 29.9 Å². The minimum atomic E-state index is -4.81. The van der Waals surface area contributed by atoms with Crippen LogP contribution in [0.15, 0.2) is 67.5 Å². The Hall–Kier alpha value is -4.94. The number of benzene rings is 1. The van der Waals surface area contributed by atoms with E-state index in [1.807, 2.05) is 0 Å². The van der Waals surface area contributed by atoms with Crippen molar-refractivity contribution < 1.29 is 22.4 Å². The van der Waals surface area contributed by atoms with Crippen LogP contribution in [-0.4, -0.2) is 35.8 Å². The molecule has 4 heterocycles. The van der Waals surface area contributed by atoms with Crippen LogP contribution < -0.4 is 10.6 Å². The molecule has 1 aromatic carbocycles. The summed E-state index contributed by atoms with van der Waals surface area (Å²) >= 11 is 0. The molecule has 9 nitrogen and oxygen atoms in total. The third-order valence-electron chi connectivity index (χ3n) is 5.10. The average molecular weight is 494 g/mol. The van der Waals surface area contributed by atoms with Gasteiger partial charge in [0.05, 0.1) is 29.5 Å². The minimum absolute atomic E-state index is 0.0910. The molecular weight excluding hydrogens is 480 g/mol. The number of nitrogens with one attached hydrogen (secondary N) is 3. The van der Waals surface area contributed by atoms with Gasteiger partial charge in [0.2, 0.25) is 0 Å².